The Kier molecular flexibility index (Phi) is 7.74. The van der Waals surface area contributed by atoms with E-state index in [0.717, 1.165) is 20.2 Å². The predicted octanol–water partition coefficient (Wildman–Crippen LogP) is 1.88. The third-order valence-electron chi connectivity index (χ3n) is 0.955. The molecule has 4 unspecified atom stereocenters. The molecule has 0 aromatic rings. The normalized spacial score (nSPS) is 13.9. The topological polar surface area (TPSA) is 24.1 Å². The van der Waals surface area contributed by atoms with E-state index < -0.39 is 0 Å². The molecule has 0 spiro atoms. The second-order valence-corrected chi connectivity index (χ2v) is 10.6. The third-order valence-corrected chi connectivity index (χ3v) is 10.1. The van der Waals surface area contributed by atoms with Crippen LogP contribution in [-0.2, 0) is 0 Å². The van der Waals surface area contributed by atoms with Crippen molar-refractivity contribution in [3.8, 4) is 0 Å². The van der Waals surface area contributed by atoms with Crippen LogP contribution in [-0.4, -0.2) is 13.6 Å². The smallest absolute Gasteiger partial charge is 0.0389 e. The van der Waals surface area contributed by atoms with Gasteiger partial charge in [0.1, 0.15) is 0 Å². The van der Waals surface area contributed by atoms with Gasteiger partial charge in [0.25, 0.3) is 0 Å². The summed E-state index contributed by atoms with van der Waals surface area (Å²) in [5.74, 6) is 0. The molecule has 0 fully saturated rings. The number of hydrogen-bond acceptors (Lipinski definition) is 2. The van der Waals surface area contributed by atoms with Crippen LogP contribution < -0.4 is 10.4 Å². The van der Waals surface area contributed by atoms with Crippen LogP contribution in [0.5, 0.6) is 0 Å². The Morgan fingerprint density at radius 3 is 2.80 bits per heavy atom. The summed E-state index contributed by atoms with van der Waals surface area (Å²) < 4.78 is 0. The molecule has 2 nitrogen and oxygen atoms in total. The fraction of sp³-hybridized carbons (Fsp3) is 0.500. The van der Waals surface area contributed by atoms with Crippen LogP contribution >= 0.6 is 33.3 Å². The van der Waals surface area contributed by atoms with Crippen LogP contribution in [0.1, 0.15) is 0 Å². The maximum absolute atomic E-state index is 3.80. The molecule has 60 valence electrons. The van der Waals surface area contributed by atoms with Gasteiger partial charge in [-0.2, -0.15) is 0 Å². The molecule has 0 heterocycles. The van der Waals surface area contributed by atoms with Gasteiger partial charge in [0.05, 0.1) is 0 Å². The molecular weight excluding hydrogens is 200 g/mol. The van der Waals surface area contributed by atoms with Gasteiger partial charge in [-0.1, -0.05) is 23.5 Å². The first-order chi connectivity index (χ1) is 4.70. The van der Waals surface area contributed by atoms with Gasteiger partial charge in [0.15, 0.2) is 0 Å². The molecule has 0 aromatic heterocycles. The summed E-state index contributed by atoms with van der Waals surface area (Å²) in [6.07, 6.45) is 0. The summed E-state index contributed by atoms with van der Waals surface area (Å²) >= 11 is 0. The van der Waals surface area contributed by atoms with Crippen molar-refractivity contribution in [3.05, 3.63) is 12.3 Å². The summed E-state index contributed by atoms with van der Waals surface area (Å²) in [6.45, 7) is 4.67. The van der Waals surface area contributed by atoms with Crippen molar-refractivity contribution in [2.45, 2.75) is 0 Å². The molecule has 0 rings (SSSR count). The van der Waals surface area contributed by atoms with E-state index in [9.17, 15) is 0 Å². The van der Waals surface area contributed by atoms with Gasteiger partial charge in [0.2, 0.25) is 0 Å². The van der Waals surface area contributed by atoms with Crippen molar-refractivity contribution in [1.29, 1.82) is 0 Å². The molecule has 0 aliphatic rings. The van der Waals surface area contributed by atoms with Crippen LogP contribution in [0, 0.1) is 0 Å². The van der Waals surface area contributed by atoms with E-state index in [2.05, 4.69) is 34.8 Å². The fourth-order valence-electron chi connectivity index (χ4n) is 0.315. The molecule has 6 heteroatoms. The largest absolute Gasteiger partial charge is 0.391 e. The van der Waals surface area contributed by atoms with Crippen LogP contribution in [0.15, 0.2) is 12.3 Å². The number of hydrogen-bond donors (Lipinski definition) is 2. The zero-order valence-electron chi connectivity index (χ0n) is 6.02. The molecule has 0 amide bonds. The van der Waals surface area contributed by atoms with Crippen molar-refractivity contribution < 1.29 is 0 Å². The lowest BCUT2D eigenvalue weighted by atomic mass is 10.5. The van der Waals surface area contributed by atoms with Crippen molar-refractivity contribution in [3.63, 3.8) is 0 Å². The van der Waals surface area contributed by atoms with Crippen molar-refractivity contribution in [1.82, 2.24) is 10.4 Å². The van der Waals surface area contributed by atoms with Gasteiger partial charge in [0, 0.05) is 26.7 Å². The number of nitrogens with one attached hydrogen (secondary N) is 2. The third kappa shape index (κ3) is 5.96. The Morgan fingerprint density at radius 2 is 2.40 bits per heavy atom. The van der Waals surface area contributed by atoms with Gasteiger partial charge in [-0.25, -0.2) is 0 Å². The van der Waals surface area contributed by atoms with Crippen molar-refractivity contribution in [2.75, 3.05) is 13.6 Å². The van der Waals surface area contributed by atoms with Crippen molar-refractivity contribution >= 4 is 33.3 Å². The lowest BCUT2D eigenvalue weighted by Crippen LogP contribution is -2.16. The fourth-order valence-corrected chi connectivity index (χ4v) is 2.37. The molecule has 0 bridgehead atoms. The molecule has 2 N–H and O–H groups in total. The molecule has 0 aromatic carbocycles. The Balaban J connectivity index is 3.26. The number of likely N-dealkylation sites (N-methyl/N-ethyl adjacent to an activating group) is 1. The Labute approximate surface area is 70.1 Å². The Bertz CT molecular complexity index is 107. The second-order valence-electron chi connectivity index (χ2n) is 1.69. The van der Waals surface area contributed by atoms with Crippen LogP contribution in [0.3, 0.4) is 0 Å². The molecule has 0 saturated heterocycles. The molecule has 4 atom stereocenters. The average molecular weight is 214 g/mol. The maximum Gasteiger partial charge on any atom is 0.0389 e. The quantitative estimate of drug-likeness (QED) is 0.682. The molecule has 0 radical (unpaired) electrons. The standard InChI is InChI=1S/C4H14N2P4/c1-4(5-2)3-6-10(8)9-7/h5-6,9H,1,3,7-8H2,2H3. The first-order valence-corrected chi connectivity index (χ1v) is 9.42. The average Bonchev–Trinajstić information content (AvgIpc) is 1.99. The van der Waals surface area contributed by atoms with Crippen molar-refractivity contribution in [2.24, 2.45) is 0 Å². The van der Waals surface area contributed by atoms with Gasteiger partial charge in [-0.3, -0.25) is 5.09 Å². The van der Waals surface area contributed by atoms with Gasteiger partial charge >= 0.3 is 0 Å². The Morgan fingerprint density at radius 1 is 1.80 bits per heavy atom. The van der Waals surface area contributed by atoms with Crippen LogP contribution in [0.2, 0.25) is 0 Å². The highest BCUT2D eigenvalue weighted by Gasteiger charge is 1.95. The van der Waals surface area contributed by atoms with E-state index in [0.29, 0.717) is 0 Å². The monoisotopic (exact) mass is 214 g/mol. The summed E-state index contributed by atoms with van der Waals surface area (Å²) in [5, 5.41) is 6.33. The SMILES string of the molecule is C=C(CNP(P)PP)NC. The summed E-state index contributed by atoms with van der Waals surface area (Å²) in [7, 11) is 8.26. The lowest BCUT2D eigenvalue weighted by molar-refractivity contribution is 0.900. The van der Waals surface area contributed by atoms with Crippen LogP contribution in [0.4, 0.5) is 0 Å². The summed E-state index contributed by atoms with van der Waals surface area (Å²) in [5.41, 5.74) is 1.04. The molecule has 0 saturated carbocycles. The highest BCUT2D eigenvalue weighted by molar-refractivity contribution is 8.60. The van der Waals surface area contributed by atoms with Gasteiger partial charge in [-0.05, 0) is 0 Å². The molecule has 0 aliphatic carbocycles. The first-order valence-electron chi connectivity index (χ1n) is 2.80. The van der Waals surface area contributed by atoms with Gasteiger partial charge < -0.3 is 5.32 Å². The predicted molar refractivity (Wildman–Crippen MR) is 60.9 cm³/mol. The number of rotatable bonds is 5. The highest BCUT2D eigenvalue weighted by atomic mass is 32.6. The minimum absolute atomic E-state index is 0.0600. The van der Waals surface area contributed by atoms with Crippen LogP contribution in [0.25, 0.3) is 0 Å². The van der Waals surface area contributed by atoms with E-state index in [1.54, 1.807) is 0 Å². The summed E-state index contributed by atoms with van der Waals surface area (Å²) in [4.78, 5) is 0. The Hall–Kier alpha value is 1.22. The zero-order valence-corrected chi connectivity index (χ0v) is 10.2. The van der Waals surface area contributed by atoms with E-state index in [1.165, 1.54) is 0 Å². The minimum Gasteiger partial charge on any atom is -0.391 e. The molecule has 0 aliphatic heterocycles. The van der Waals surface area contributed by atoms with E-state index in [-0.39, 0.29) is 7.45 Å². The van der Waals surface area contributed by atoms with E-state index >= 15 is 0 Å². The zero-order chi connectivity index (χ0) is 7.98. The maximum atomic E-state index is 3.80. The van der Waals surface area contributed by atoms with E-state index in [4.69, 9.17) is 0 Å². The van der Waals surface area contributed by atoms with Gasteiger partial charge in [-0.15, -0.1) is 8.93 Å². The summed E-state index contributed by atoms with van der Waals surface area (Å²) in [6, 6.07) is 0. The lowest BCUT2D eigenvalue weighted by Gasteiger charge is -2.11. The molecular formula is C4H14N2P4. The first kappa shape index (κ1) is 11.2. The second kappa shape index (κ2) is 6.90. The highest BCUT2D eigenvalue weighted by Crippen LogP contribution is 2.62. The van der Waals surface area contributed by atoms with E-state index in [1.807, 2.05) is 7.05 Å². The minimum atomic E-state index is -0.0600. The molecule has 10 heavy (non-hydrogen) atoms.